The zero-order valence-corrected chi connectivity index (χ0v) is 27.5. The number of methoxy groups -OCH3 is 2. The Hall–Kier alpha value is -3.24. The molecule has 8 nitrogen and oxygen atoms in total. The number of nitrogens with one attached hydrogen (secondary N) is 2. The van der Waals surface area contributed by atoms with Gasteiger partial charge in [0.1, 0.15) is 0 Å². The lowest BCUT2D eigenvalue weighted by molar-refractivity contribution is 0.0788. The van der Waals surface area contributed by atoms with Gasteiger partial charge in [-0.3, -0.25) is 0 Å². The van der Waals surface area contributed by atoms with E-state index >= 15 is 0 Å². The number of hydrogen-bond acceptors (Lipinski definition) is 8. The number of nitrogens with zero attached hydrogens (tertiary/aromatic N) is 2. The number of halogens is 2. The first-order chi connectivity index (χ1) is 20.8. The second kappa shape index (κ2) is 14.2. The maximum absolute atomic E-state index is 10.0. The van der Waals surface area contributed by atoms with Gasteiger partial charge < -0.3 is 30.3 Å². The van der Waals surface area contributed by atoms with Gasteiger partial charge in [0.2, 0.25) is 11.8 Å². The van der Waals surface area contributed by atoms with Crippen molar-refractivity contribution in [3.63, 3.8) is 0 Å². The number of aliphatic hydroxyl groups is 2. The van der Waals surface area contributed by atoms with Gasteiger partial charge in [-0.15, -0.1) is 0 Å². The van der Waals surface area contributed by atoms with E-state index < -0.39 is 11.2 Å². The summed E-state index contributed by atoms with van der Waals surface area (Å²) in [6, 6.07) is 19.2. The molecule has 4 aromatic rings. The first-order valence-electron chi connectivity index (χ1n) is 14.3. The van der Waals surface area contributed by atoms with Gasteiger partial charge in [-0.1, -0.05) is 71.7 Å². The summed E-state index contributed by atoms with van der Waals surface area (Å²) in [7, 11) is 3.16. The summed E-state index contributed by atoms with van der Waals surface area (Å²) in [6.45, 7) is 8.84. The van der Waals surface area contributed by atoms with Gasteiger partial charge in [-0.2, -0.15) is 0 Å². The van der Waals surface area contributed by atoms with Crippen molar-refractivity contribution in [3.05, 3.63) is 81.8 Å². The predicted octanol–water partition coefficient (Wildman–Crippen LogP) is 6.52. The monoisotopic (exact) mass is 638 g/mol. The van der Waals surface area contributed by atoms with Crippen molar-refractivity contribution in [1.29, 1.82) is 0 Å². The van der Waals surface area contributed by atoms with Crippen molar-refractivity contribution in [3.8, 4) is 45.4 Å². The summed E-state index contributed by atoms with van der Waals surface area (Å²) >= 11 is 14.1. The fourth-order valence-electron chi connectivity index (χ4n) is 4.74. The van der Waals surface area contributed by atoms with Crippen molar-refractivity contribution in [2.45, 2.75) is 52.0 Å². The third-order valence-corrected chi connectivity index (χ3v) is 7.66. The summed E-state index contributed by atoms with van der Waals surface area (Å²) in [4.78, 5) is 9.47. The third kappa shape index (κ3) is 8.47. The fourth-order valence-corrected chi connectivity index (χ4v) is 5.39. The Kier molecular flexibility index (Phi) is 10.9. The van der Waals surface area contributed by atoms with E-state index in [1.165, 1.54) is 0 Å². The van der Waals surface area contributed by atoms with Crippen LogP contribution in [0.3, 0.4) is 0 Å². The molecule has 2 aromatic carbocycles. The molecular weight excluding hydrogens is 599 g/mol. The number of aromatic nitrogens is 2. The van der Waals surface area contributed by atoms with Gasteiger partial charge in [0.25, 0.3) is 0 Å². The van der Waals surface area contributed by atoms with Crippen molar-refractivity contribution < 1.29 is 19.7 Å². The fraction of sp³-hybridized carbons (Fsp3) is 0.353. The van der Waals surface area contributed by atoms with Crippen molar-refractivity contribution in [2.75, 3.05) is 27.3 Å². The van der Waals surface area contributed by atoms with E-state index in [1.54, 1.807) is 41.9 Å². The van der Waals surface area contributed by atoms with Crippen LogP contribution >= 0.6 is 23.2 Å². The second-order valence-corrected chi connectivity index (χ2v) is 12.7. The number of pyridine rings is 2. The molecule has 2 heterocycles. The maximum Gasteiger partial charge on any atom is 0.218 e. The lowest BCUT2D eigenvalue weighted by atomic mass is 9.98. The normalized spacial score (nSPS) is 12.0. The van der Waals surface area contributed by atoms with Gasteiger partial charge in [0, 0.05) is 59.6 Å². The summed E-state index contributed by atoms with van der Waals surface area (Å²) in [5, 5.41) is 27.5. The third-order valence-electron chi connectivity index (χ3n) is 6.85. The maximum atomic E-state index is 10.0. The van der Waals surface area contributed by atoms with Gasteiger partial charge in [-0.25, -0.2) is 9.97 Å². The highest BCUT2D eigenvalue weighted by Crippen LogP contribution is 2.42. The van der Waals surface area contributed by atoms with E-state index in [2.05, 4.69) is 10.6 Å². The summed E-state index contributed by atoms with van der Waals surface area (Å²) in [5.74, 6) is 0.956. The zero-order chi connectivity index (χ0) is 32.1. The number of benzene rings is 2. The van der Waals surface area contributed by atoms with Crippen LogP contribution in [-0.4, -0.2) is 58.7 Å². The largest absolute Gasteiger partial charge is 0.481 e. The SMILES string of the molecule is COc1nc(-c2cccc(-c3cccc(-c4ccc(CNCC(C)(C)O)c(OC)n4)c3Cl)c2Cl)ccc1CNCC(C)(C)O. The van der Waals surface area contributed by atoms with E-state index in [9.17, 15) is 10.2 Å². The van der Waals surface area contributed by atoms with Crippen molar-refractivity contribution in [2.24, 2.45) is 0 Å². The molecule has 4 rings (SSSR count). The standard InChI is InChI=1S/C34H40Cl2N4O4/c1-33(2,41)19-37-17-21-13-15-27(39-31(21)43-5)25-11-7-9-23(29(25)35)24-10-8-12-26(30(24)36)28-16-14-22(32(40-28)44-6)18-38-20-34(3,4)42/h7-16,37-38,41-42H,17-20H2,1-6H3. The first-order valence-corrected chi connectivity index (χ1v) is 15.1. The highest BCUT2D eigenvalue weighted by atomic mass is 35.5. The smallest absolute Gasteiger partial charge is 0.218 e. The van der Waals surface area contributed by atoms with Gasteiger partial charge >= 0.3 is 0 Å². The van der Waals surface area contributed by atoms with E-state index in [0.29, 0.717) is 59.4 Å². The van der Waals surface area contributed by atoms with Gasteiger partial charge in [0.05, 0.1) is 46.9 Å². The quantitative estimate of drug-likeness (QED) is 0.131. The lowest BCUT2D eigenvalue weighted by Crippen LogP contribution is -2.34. The Morgan fingerprint density at radius 3 is 1.32 bits per heavy atom. The molecule has 0 spiro atoms. The highest BCUT2D eigenvalue weighted by molar-refractivity contribution is 6.39. The topological polar surface area (TPSA) is 109 Å². The molecule has 0 radical (unpaired) electrons. The lowest BCUT2D eigenvalue weighted by Gasteiger charge is -2.19. The minimum absolute atomic E-state index is 0.429. The molecule has 0 fully saturated rings. The average molecular weight is 640 g/mol. The van der Waals surface area contributed by atoms with Crippen LogP contribution in [0, 0.1) is 0 Å². The Morgan fingerprint density at radius 2 is 0.977 bits per heavy atom. The molecular formula is C34H40Cl2N4O4. The second-order valence-electron chi connectivity index (χ2n) is 11.9. The Labute approximate surface area is 269 Å². The average Bonchev–Trinajstić information content (AvgIpc) is 2.97. The minimum Gasteiger partial charge on any atom is -0.481 e. The van der Waals surface area contributed by atoms with Crippen LogP contribution in [0.1, 0.15) is 38.8 Å². The molecule has 0 unspecified atom stereocenters. The van der Waals surface area contributed by atoms with E-state index in [1.807, 2.05) is 60.7 Å². The van der Waals surface area contributed by atoms with Crippen LogP contribution in [0.25, 0.3) is 33.6 Å². The van der Waals surface area contributed by atoms with E-state index in [4.69, 9.17) is 42.6 Å². The van der Waals surface area contributed by atoms with Crippen molar-refractivity contribution >= 4 is 23.2 Å². The first kappa shape index (κ1) is 33.6. The molecule has 10 heteroatoms. The van der Waals surface area contributed by atoms with E-state index in [0.717, 1.165) is 33.4 Å². The molecule has 44 heavy (non-hydrogen) atoms. The zero-order valence-electron chi connectivity index (χ0n) is 26.0. The van der Waals surface area contributed by atoms with Crippen LogP contribution < -0.4 is 20.1 Å². The molecule has 0 atom stereocenters. The Bertz CT molecular complexity index is 1480. The molecule has 0 aliphatic carbocycles. The van der Waals surface area contributed by atoms with Crippen LogP contribution in [0.4, 0.5) is 0 Å². The molecule has 2 aromatic heterocycles. The Balaban J connectivity index is 1.64. The number of hydrogen-bond donors (Lipinski definition) is 4. The molecule has 0 saturated carbocycles. The summed E-state index contributed by atoms with van der Waals surface area (Å²) < 4.78 is 11.2. The van der Waals surface area contributed by atoms with Crippen LogP contribution in [0.15, 0.2) is 60.7 Å². The molecule has 0 bridgehead atoms. The number of rotatable bonds is 13. The van der Waals surface area contributed by atoms with Gasteiger partial charge in [0.15, 0.2) is 0 Å². The number of ether oxygens (including phenoxy) is 2. The Morgan fingerprint density at radius 1 is 0.614 bits per heavy atom. The van der Waals surface area contributed by atoms with Crippen LogP contribution in [0.2, 0.25) is 10.0 Å². The predicted molar refractivity (Wildman–Crippen MR) is 177 cm³/mol. The van der Waals surface area contributed by atoms with E-state index in [-0.39, 0.29) is 0 Å². The van der Waals surface area contributed by atoms with Crippen LogP contribution in [0.5, 0.6) is 11.8 Å². The van der Waals surface area contributed by atoms with Crippen LogP contribution in [-0.2, 0) is 13.1 Å². The molecule has 234 valence electrons. The van der Waals surface area contributed by atoms with Gasteiger partial charge in [-0.05, 0) is 39.8 Å². The van der Waals surface area contributed by atoms with Crippen molar-refractivity contribution in [1.82, 2.24) is 20.6 Å². The molecule has 0 amide bonds. The molecule has 0 aliphatic rings. The summed E-state index contributed by atoms with van der Waals surface area (Å²) in [5.41, 5.74) is 4.39. The highest BCUT2D eigenvalue weighted by Gasteiger charge is 2.19. The summed E-state index contributed by atoms with van der Waals surface area (Å²) in [6.07, 6.45) is 0. The molecule has 0 saturated heterocycles. The minimum atomic E-state index is -0.825. The molecule has 0 aliphatic heterocycles. The molecule has 4 N–H and O–H groups in total.